The molecule has 7 heteroatoms. The number of hydrogen-bond donors (Lipinski definition) is 1. The van der Waals surface area contributed by atoms with Crippen LogP contribution in [0.25, 0.3) is 0 Å². The number of anilines is 1. The number of halogens is 1. The third-order valence-corrected chi connectivity index (χ3v) is 5.63. The normalized spacial score (nSPS) is 15.0. The summed E-state index contributed by atoms with van der Waals surface area (Å²) in [5.74, 6) is 0.375. The summed E-state index contributed by atoms with van der Waals surface area (Å²) in [4.78, 5) is 25.7. The van der Waals surface area contributed by atoms with Crippen molar-refractivity contribution in [1.82, 2.24) is 0 Å². The van der Waals surface area contributed by atoms with Gasteiger partial charge in [-0.05, 0) is 53.9 Å². The van der Waals surface area contributed by atoms with Crippen molar-refractivity contribution in [2.45, 2.75) is 31.9 Å². The molecule has 1 aliphatic rings. The molecule has 6 nitrogen and oxygen atoms in total. The van der Waals surface area contributed by atoms with Gasteiger partial charge in [0, 0.05) is 17.9 Å². The van der Waals surface area contributed by atoms with Gasteiger partial charge in [-0.2, -0.15) is 0 Å². The van der Waals surface area contributed by atoms with Gasteiger partial charge in [-0.25, -0.2) is 0 Å². The summed E-state index contributed by atoms with van der Waals surface area (Å²) in [5, 5.41) is 9.42. The molecule has 33 heavy (non-hydrogen) atoms. The molecule has 1 atom stereocenters. The van der Waals surface area contributed by atoms with Gasteiger partial charge in [0.25, 0.3) is 5.91 Å². The second-order valence-corrected chi connectivity index (χ2v) is 8.24. The number of carbonyl (C=O) groups excluding carboxylic acids is 1. The Balaban J connectivity index is 1.40. The molecule has 4 rings (SSSR count). The summed E-state index contributed by atoms with van der Waals surface area (Å²) in [6.07, 6.45) is 0.296. The van der Waals surface area contributed by atoms with Crippen LogP contribution in [0.3, 0.4) is 0 Å². The number of aliphatic carboxylic acids is 1. The maximum absolute atomic E-state index is 13.3. The number of para-hydroxylation sites is 2. The van der Waals surface area contributed by atoms with Crippen LogP contribution in [-0.4, -0.2) is 29.7 Å². The molecule has 0 saturated heterocycles. The van der Waals surface area contributed by atoms with Crippen molar-refractivity contribution in [3.63, 3.8) is 0 Å². The van der Waals surface area contributed by atoms with Gasteiger partial charge >= 0.3 is 5.97 Å². The average molecular weight is 466 g/mol. The van der Waals surface area contributed by atoms with E-state index in [0.29, 0.717) is 42.5 Å². The monoisotopic (exact) mass is 465 g/mol. The lowest BCUT2D eigenvalue weighted by Gasteiger charge is -2.34. The number of hydrogen-bond acceptors (Lipinski definition) is 4. The highest BCUT2D eigenvalue weighted by molar-refractivity contribution is 6.30. The minimum absolute atomic E-state index is 0.0918. The predicted octanol–water partition coefficient (Wildman–Crippen LogP) is 5.12. The van der Waals surface area contributed by atoms with Crippen LogP contribution in [0.2, 0.25) is 5.02 Å². The summed E-state index contributed by atoms with van der Waals surface area (Å²) in [5.41, 5.74) is 2.60. The highest BCUT2D eigenvalue weighted by atomic mass is 35.5. The fourth-order valence-electron chi connectivity index (χ4n) is 3.73. The van der Waals surface area contributed by atoms with Gasteiger partial charge in [0.05, 0.1) is 18.8 Å². The first-order chi connectivity index (χ1) is 16.0. The van der Waals surface area contributed by atoms with E-state index in [1.807, 2.05) is 66.7 Å². The Labute approximate surface area is 197 Å². The van der Waals surface area contributed by atoms with Crippen molar-refractivity contribution in [2.24, 2.45) is 0 Å². The van der Waals surface area contributed by atoms with Crippen LogP contribution >= 0.6 is 11.6 Å². The molecular weight excluding hydrogens is 442 g/mol. The smallest absolute Gasteiger partial charge is 0.303 e. The number of ether oxygens (including phenoxy) is 2. The van der Waals surface area contributed by atoms with E-state index in [1.165, 1.54) is 0 Å². The Hall–Kier alpha value is -3.51. The third kappa shape index (κ3) is 5.84. The van der Waals surface area contributed by atoms with Gasteiger partial charge in [0.2, 0.25) is 0 Å². The van der Waals surface area contributed by atoms with Crippen LogP contribution in [0.15, 0.2) is 72.8 Å². The largest absolute Gasteiger partial charge is 0.493 e. The number of carboxylic acid groups (broad SMARTS) is 1. The summed E-state index contributed by atoms with van der Waals surface area (Å²) in [6, 6.07) is 22.3. The van der Waals surface area contributed by atoms with Crippen LogP contribution < -0.4 is 14.4 Å². The van der Waals surface area contributed by atoms with Crippen molar-refractivity contribution in [2.75, 3.05) is 11.5 Å². The molecule has 3 aromatic rings. The van der Waals surface area contributed by atoms with Gasteiger partial charge in [-0.3, -0.25) is 9.59 Å². The third-order valence-electron chi connectivity index (χ3n) is 5.40. The molecule has 0 aromatic heterocycles. The average Bonchev–Trinajstić information content (AvgIpc) is 2.81. The number of carboxylic acids is 1. The fourth-order valence-corrected chi connectivity index (χ4v) is 3.94. The molecule has 0 saturated carbocycles. The van der Waals surface area contributed by atoms with Crippen molar-refractivity contribution >= 4 is 29.2 Å². The highest BCUT2D eigenvalue weighted by Gasteiger charge is 2.34. The van der Waals surface area contributed by atoms with Crippen LogP contribution in [0.1, 0.15) is 24.0 Å². The number of aryl methyl sites for hydroxylation is 1. The van der Waals surface area contributed by atoms with Gasteiger partial charge in [0.15, 0.2) is 6.10 Å². The van der Waals surface area contributed by atoms with Crippen LogP contribution in [0, 0.1) is 0 Å². The van der Waals surface area contributed by atoms with Gasteiger partial charge in [-0.15, -0.1) is 0 Å². The van der Waals surface area contributed by atoms with Gasteiger partial charge in [0.1, 0.15) is 11.5 Å². The Morgan fingerprint density at radius 3 is 2.58 bits per heavy atom. The standard InChI is InChI=1S/C26H24ClNO5/c27-20-5-3-4-19(16-20)17-28-22-6-1-2-7-23(22)33-24(26(28)31)14-15-32-21-11-8-18(9-12-21)10-13-25(29)30/h1-9,11-12,16,24H,10,13-15,17H2,(H,29,30). The Bertz CT molecular complexity index is 1130. The molecule has 170 valence electrons. The molecule has 1 N–H and O–H groups in total. The topological polar surface area (TPSA) is 76.1 Å². The molecule has 0 fully saturated rings. The molecule has 1 unspecified atom stereocenters. The van der Waals surface area contributed by atoms with E-state index in [2.05, 4.69) is 0 Å². The first-order valence-electron chi connectivity index (χ1n) is 10.7. The van der Waals surface area contributed by atoms with E-state index in [9.17, 15) is 9.59 Å². The maximum atomic E-state index is 13.3. The van der Waals surface area contributed by atoms with Gasteiger partial charge < -0.3 is 19.5 Å². The van der Waals surface area contributed by atoms with Gasteiger partial charge in [-0.1, -0.05) is 48.0 Å². The summed E-state index contributed by atoms with van der Waals surface area (Å²) in [7, 11) is 0. The Morgan fingerprint density at radius 2 is 1.82 bits per heavy atom. The zero-order valence-electron chi connectivity index (χ0n) is 17.9. The molecule has 0 aliphatic carbocycles. The molecule has 0 bridgehead atoms. The number of amides is 1. The minimum atomic E-state index is -0.821. The minimum Gasteiger partial charge on any atom is -0.493 e. The van der Waals surface area contributed by atoms with Crippen molar-refractivity contribution in [1.29, 1.82) is 0 Å². The second-order valence-electron chi connectivity index (χ2n) is 7.80. The molecular formula is C26H24ClNO5. The number of carbonyl (C=O) groups is 2. The molecule has 0 spiro atoms. The van der Waals surface area contributed by atoms with E-state index in [-0.39, 0.29) is 12.3 Å². The zero-order valence-corrected chi connectivity index (χ0v) is 18.7. The number of rotatable bonds is 9. The van der Waals surface area contributed by atoms with E-state index >= 15 is 0 Å². The number of fused-ring (bicyclic) bond motifs is 1. The quantitative estimate of drug-likeness (QED) is 0.474. The van der Waals surface area contributed by atoms with Crippen LogP contribution in [-0.2, 0) is 22.6 Å². The summed E-state index contributed by atoms with van der Waals surface area (Å²) in [6.45, 7) is 0.701. The maximum Gasteiger partial charge on any atom is 0.303 e. The Morgan fingerprint density at radius 1 is 1.03 bits per heavy atom. The van der Waals surface area contributed by atoms with E-state index in [0.717, 1.165) is 16.8 Å². The zero-order chi connectivity index (χ0) is 23.2. The first kappa shape index (κ1) is 22.7. The molecule has 3 aromatic carbocycles. The van der Waals surface area contributed by atoms with E-state index < -0.39 is 12.1 Å². The molecule has 1 heterocycles. The lowest BCUT2D eigenvalue weighted by atomic mass is 10.1. The second kappa shape index (κ2) is 10.4. The fraction of sp³-hybridized carbons (Fsp3) is 0.231. The van der Waals surface area contributed by atoms with Crippen LogP contribution in [0.4, 0.5) is 5.69 Å². The van der Waals surface area contributed by atoms with Crippen molar-refractivity contribution < 1.29 is 24.2 Å². The first-order valence-corrected chi connectivity index (χ1v) is 11.1. The number of benzene rings is 3. The van der Waals surface area contributed by atoms with Crippen LogP contribution in [0.5, 0.6) is 11.5 Å². The SMILES string of the molecule is O=C(O)CCc1ccc(OCCC2Oc3ccccc3N(Cc3cccc(Cl)c3)C2=O)cc1. The van der Waals surface area contributed by atoms with E-state index in [1.54, 1.807) is 11.0 Å². The predicted molar refractivity (Wildman–Crippen MR) is 126 cm³/mol. The molecule has 1 aliphatic heterocycles. The van der Waals surface area contributed by atoms with Crippen molar-refractivity contribution in [3.05, 3.63) is 88.9 Å². The lowest BCUT2D eigenvalue weighted by molar-refractivity contribution is -0.137. The van der Waals surface area contributed by atoms with E-state index in [4.69, 9.17) is 26.2 Å². The Kier molecular flexibility index (Phi) is 7.15. The lowest BCUT2D eigenvalue weighted by Crippen LogP contribution is -2.46. The molecule has 1 amide bonds. The summed E-state index contributed by atoms with van der Waals surface area (Å²) < 4.78 is 11.8. The summed E-state index contributed by atoms with van der Waals surface area (Å²) >= 11 is 6.12. The highest BCUT2D eigenvalue weighted by Crippen LogP contribution is 2.35. The number of nitrogens with zero attached hydrogens (tertiary/aromatic N) is 1. The molecule has 0 radical (unpaired) electrons. The van der Waals surface area contributed by atoms with Crippen molar-refractivity contribution in [3.8, 4) is 11.5 Å².